The average molecular weight is 431 g/mol. The third-order valence-corrected chi connectivity index (χ3v) is 6.18. The Bertz CT molecular complexity index is 1030. The van der Waals surface area contributed by atoms with E-state index >= 15 is 0 Å². The maximum atomic E-state index is 12.5. The van der Waals surface area contributed by atoms with Gasteiger partial charge in [-0.2, -0.15) is 0 Å². The Labute approximate surface area is 190 Å². The number of carbonyl (C=O) groups excluding carboxylic acids is 1. The lowest BCUT2D eigenvalue weighted by molar-refractivity contribution is -0.892. The van der Waals surface area contributed by atoms with Crippen molar-refractivity contribution in [3.05, 3.63) is 89.5 Å². The molecule has 32 heavy (non-hydrogen) atoms. The molecule has 2 N–H and O–H groups in total. The first-order chi connectivity index (χ1) is 15.6. The normalized spacial score (nSPS) is 14.2. The molecule has 1 fully saturated rings. The minimum atomic E-state index is 0.0538. The molecule has 5 heteroatoms. The number of rotatable bonds is 7. The van der Waals surface area contributed by atoms with Gasteiger partial charge in [0.2, 0.25) is 0 Å². The van der Waals surface area contributed by atoms with Crippen LogP contribution in [0.5, 0.6) is 5.75 Å². The van der Waals surface area contributed by atoms with Crippen LogP contribution < -0.4 is 19.9 Å². The second-order valence-corrected chi connectivity index (χ2v) is 8.48. The molecule has 0 bridgehead atoms. The highest BCUT2D eigenvalue weighted by Crippen LogP contribution is 2.22. The van der Waals surface area contributed by atoms with Crippen molar-refractivity contribution < 1.29 is 14.4 Å². The Morgan fingerprint density at radius 1 is 0.938 bits per heavy atom. The van der Waals surface area contributed by atoms with Gasteiger partial charge in [0.25, 0.3) is 5.91 Å². The third kappa shape index (κ3) is 5.68. The van der Waals surface area contributed by atoms with E-state index in [4.69, 9.17) is 4.74 Å². The fourth-order valence-electron chi connectivity index (χ4n) is 4.13. The molecule has 0 spiro atoms. The molecule has 1 saturated heterocycles. The molecule has 0 radical (unpaired) electrons. The fraction of sp³-hybridized carbons (Fsp3) is 0.296. The number of anilines is 2. The van der Waals surface area contributed by atoms with Crippen LogP contribution >= 0.6 is 0 Å². The molecule has 0 aromatic heterocycles. The summed E-state index contributed by atoms with van der Waals surface area (Å²) in [6, 6.07) is 24.2. The van der Waals surface area contributed by atoms with Crippen LogP contribution in [0.25, 0.3) is 0 Å². The van der Waals surface area contributed by atoms with Crippen molar-refractivity contribution in [2.75, 3.05) is 42.9 Å². The molecular formula is C27H32N3O2+. The fourth-order valence-corrected chi connectivity index (χ4v) is 4.13. The summed E-state index contributed by atoms with van der Waals surface area (Å²) in [6.45, 7) is 9.25. The summed E-state index contributed by atoms with van der Waals surface area (Å²) in [5, 5.41) is 3.02. The molecule has 5 nitrogen and oxygen atoms in total. The number of piperazine rings is 1. The summed E-state index contributed by atoms with van der Waals surface area (Å²) in [5.41, 5.74) is 5.93. The van der Waals surface area contributed by atoms with E-state index in [1.54, 1.807) is 0 Å². The van der Waals surface area contributed by atoms with E-state index in [-0.39, 0.29) is 5.91 Å². The smallest absolute Gasteiger partial charge is 0.279 e. The number of quaternary nitrogens is 1. The largest absolute Gasteiger partial charge is 0.489 e. The van der Waals surface area contributed by atoms with E-state index in [1.165, 1.54) is 21.7 Å². The summed E-state index contributed by atoms with van der Waals surface area (Å²) < 4.78 is 5.81. The summed E-state index contributed by atoms with van der Waals surface area (Å²) >= 11 is 0. The zero-order valence-electron chi connectivity index (χ0n) is 18.9. The lowest BCUT2D eigenvalue weighted by Crippen LogP contribution is -3.15. The predicted octanol–water partition coefficient (Wildman–Crippen LogP) is 3.23. The molecule has 0 aliphatic carbocycles. The highest BCUT2D eigenvalue weighted by molar-refractivity contribution is 5.91. The van der Waals surface area contributed by atoms with Gasteiger partial charge in [-0.05, 0) is 60.9 Å². The van der Waals surface area contributed by atoms with Crippen molar-refractivity contribution in [1.82, 2.24) is 0 Å². The Kier molecular flexibility index (Phi) is 7.07. The molecule has 0 unspecified atom stereocenters. The van der Waals surface area contributed by atoms with Gasteiger partial charge in [-0.25, -0.2) is 0 Å². The van der Waals surface area contributed by atoms with Crippen molar-refractivity contribution in [1.29, 1.82) is 0 Å². The monoisotopic (exact) mass is 430 g/mol. The molecule has 1 aliphatic rings. The molecule has 0 atom stereocenters. The number of nitrogens with zero attached hydrogens (tertiary/aromatic N) is 1. The molecule has 1 heterocycles. The predicted molar refractivity (Wildman–Crippen MR) is 130 cm³/mol. The Morgan fingerprint density at radius 3 is 2.38 bits per heavy atom. The van der Waals surface area contributed by atoms with Crippen molar-refractivity contribution in [3.8, 4) is 5.75 Å². The number of nitrogens with one attached hydrogen (secondary N) is 2. The molecule has 3 aromatic rings. The van der Waals surface area contributed by atoms with Crippen LogP contribution in [0.15, 0.2) is 72.8 Å². The number of amides is 1. The van der Waals surface area contributed by atoms with Gasteiger partial charge >= 0.3 is 0 Å². The van der Waals surface area contributed by atoms with Crippen LogP contribution in [0.3, 0.4) is 0 Å². The highest BCUT2D eigenvalue weighted by atomic mass is 16.5. The Hall–Kier alpha value is -3.31. The minimum absolute atomic E-state index is 0.0538. The summed E-state index contributed by atoms with van der Waals surface area (Å²) in [6.07, 6.45) is 0. The average Bonchev–Trinajstić information content (AvgIpc) is 2.82. The van der Waals surface area contributed by atoms with Crippen molar-refractivity contribution in [2.24, 2.45) is 0 Å². The van der Waals surface area contributed by atoms with Gasteiger partial charge < -0.3 is 19.9 Å². The van der Waals surface area contributed by atoms with Crippen molar-refractivity contribution >= 4 is 17.3 Å². The van der Waals surface area contributed by atoms with Crippen LogP contribution in [0, 0.1) is 13.8 Å². The molecule has 1 amide bonds. The van der Waals surface area contributed by atoms with E-state index in [9.17, 15) is 4.79 Å². The van der Waals surface area contributed by atoms with Crippen LogP contribution in [0.4, 0.5) is 11.4 Å². The van der Waals surface area contributed by atoms with Gasteiger partial charge in [-0.1, -0.05) is 42.5 Å². The molecule has 166 valence electrons. The van der Waals surface area contributed by atoms with Crippen molar-refractivity contribution in [3.63, 3.8) is 0 Å². The Morgan fingerprint density at radius 2 is 1.66 bits per heavy atom. The molecular weight excluding hydrogens is 398 g/mol. The second kappa shape index (κ2) is 10.3. The summed E-state index contributed by atoms with van der Waals surface area (Å²) in [7, 11) is 0. The van der Waals surface area contributed by atoms with Gasteiger partial charge in [0.15, 0.2) is 6.54 Å². The number of hydrogen-bond donors (Lipinski definition) is 2. The lowest BCUT2D eigenvalue weighted by atomic mass is 10.1. The second-order valence-electron chi connectivity index (χ2n) is 8.48. The number of ether oxygens (including phenoxy) is 1. The zero-order valence-corrected chi connectivity index (χ0v) is 18.9. The first-order valence-corrected chi connectivity index (χ1v) is 11.3. The van der Waals surface area contributed by atoms with Crippen LogP contribution in [-0.4, -0.2) is 38.6 Å². The zero-order chi connectivity index (χ0) is 22.3. The van der Waals surface area contributed by atoms with E-state index in [1.807, 2.05) is 54.6 Å². The topological polar surface area (TPSA) is 46.0 Å². The number of carbonyl (C=O) groups is 1. The van der Waals surface area contributed by atoms with E-state index in [2.05, 4.69) is 42.3 Å². The van der Waals surface area contributed by atoms with Gasteiger partial charge in [0, 0.05) is 11.4 Å². The van der Waals surface area contributed by atoms with Gasteiger partial charge in [-0.15, -0.1) is 0 Å². The standard InChI is InChI=1S/C27H31N3O2/c1-21-7-6-10-26(22(21)2)30-17-15-29(16-18-30)19-27(31)28-24-11-13-25(14-12-24)32-20-23-8-4-3-5-9-23/h3-14H,15-20H2,1-2H3,(H,28,31)/p+1. The van der Waals surface area contributed by atoms with Crippen LogP contribution in [0.1, 0.15) is 16.7 Å². The minimum Gasteiger partial charge on any atom is -0.489 e. The Balaban J connectivity index is 1.22. The molecule has 1 aliphatic heterocycles. The van der Waals surface area contributed by atoms with Crippen LogP contribution in [-0.2, 0) is 11.4 Å². The van der Waals surface area contributed by atoms with Gasteiger partial charge in [0.05, 0.1) is 26.2 Å². The summed E-state index contributed by atoms with van der Waals surface area (Å²) in [4.78, 5) is 16.3. The molecule has 3 aromatic carbocycles. The number of aryl methyl sites for hydroxylation is 1. The number of hydrogen-bond acceptors (Lipinski definition) is 3. The first-order valence-electron chi connectivity index (χ1n) is 11.3. The van der Waals surface area contributed by atoms with Crippen LogP contribution in [0.2, 0.25) is 0 Å². The highest BCUT2D eigenvalue weighted by Gasteiger charge is 2.23. The van der Waals surface area contributed by atoms with E-state index in [0.717, 1.165) is 43.2 Å². The van der Waals surface area contributed by atoms with Gasteiger partial charge in [-0.3, -0.25) is 4.79 Å². The maximum Gasteiger partial charge on any atom is 0.279 e. The van der Waals surface area contributed by atoms with Gasteiger partial charge in [0.1, 0.15) is 12.4 Å². The quantitative estimate of drug-likeness (QED) is 0.605. The van der Waals surface area contributed by atoms with Crippen molar-refractivity contribution in [2.45, 2.75) is 20.5 Å². The van der Waals surface area contributed by atoms with E-state index in [0.29, 0.717) is 13.2 Å². The lowest BCUT2D eigenvalue weighted by Gasteiger charge is -2.34. The third-order valence-electron chi connectivity index (χ3n) is 6.18. The molecule has 4 rings (SSSR count). The SMILES string of the molecule is Cc1cccc(N2CC[NH+](CC(=O)Nc3ccc(OCc4ccccc4)cc3)CC2)c1C. The van der Waals surface area contributed by atoms with E-state index < -0.39 is 0 Å². The molecule has 0 saturated carbocycles. The first kappa shape index (κ1) is 21.9. The summed E-state index contributed by atoms with van der Waals surface area (Å²) in [5.74, 6) is 0.846. The number of benzene rings is 3. The maximum absolute atomic E-state index is 12.5.